The molecule has 2 aromatic rings. The molecule has 8 heteroatoms. The van der Waals surface area contributed by atoms with Gasteiger partial charge < -0.3 is 10.4 Å². The van der Waals surface area contributed by atoms with Gasteiger partial charge in [-0.3, -0.25) is 9.59 Å². The highest BCUT2D eigenvalue weighted by atomic mass is 16.4. The van der Waals surface area contributed by atoms with Gasteiger partial charge in [-0.25, -0.2) is 0 Å². The normalized spacial score (nSPS) is 11.9. The molecule has 1 aromatic heterocycles. The molecule has 8 nitrogen and oxygen atoms in total. The molecule has 1 amide bonds. The van der Waals surface area contributed by atoms with E-state index in [0.717, 1.165) is 5.56 Å². The second-order valence-corrected chi connectivity index (χ2v) is 4.41. The number of amides is 1. The molecule has 0 aliphatic heterocycles. The Hall–Kier alpha value is -2.77. The molecule has 110 valence electrons. The summed E-state index contributed by atoms with van der Waals surface area (Å²) in [5.74, 6) is -0.887. The van der Waals surface area contributed by atoms with Gasteiger partial charge >= 0.3 is 5.97 Å². The Morgan fingerprint density at radius 3 is 2.71 bits per heavy atom. The lowest BCUT2D eigenvalue weighted by molar-refractivity contribution is -0.137. The van der Waals surface area contributed by atoms with Crippen molar-refractivity contribution >= 4 is 11.9 Å². The first-order valence-electron chi connectivity index (χ1n) is 6.42. The van der Waals surface area contributed by atoms with E-state index in [1.165, 1.54) is 4.80 Å². The molecule has 0 aliphatic carbocycles. The maximum atomic E-state index is 11.8. The fourth-order valence-corrected chi connectivity index (χ4v) is 1.64. The van der Waals surface area contributed by atoms with E-state index in [9.17, 15) is 9.59 Å². The van der Waals surface area contributed by atoms with Crippen molar-refractivity contribution in [1.29, 1.82) is 0 Å². The van der Waals surface area contributed by atoms with E-state index in [2.05, 4.69) is 20.7 Å². The van der Waals surface area contributed by atoms with Crippen LogP contribution in [0.3, 0.4) is 0 Å². The van der Waals surface area contributed by atoms with Gasteiger partial charge in [-0.2, -0.15) is 4.80 Å². The number of rotatable bonds is 6. The summed E-state index contributed by atoms with van der Waals surface area (Å²) >= 11 is 0. The number of aliphatic carboxylic acids is 1. The first-order valence-corrected chi connectivity index (χ1v) is 6.42. The summed E-state index contributed by atoms with van der Waals surface area (Å²) in [5, 5.41) is 23.0. The molecule has 0 saturated carbocycles. The Bertz CT molecular complexity index is 626. The zero-order valence-corrected chi connectivity index (χ0v) is 11.4. The Balaban J connectivity index is 2.00. The van der Waals surface area contributed by atoms with E-state index in [0.29, 0.717) is 5.82 Å². The fraction of sp³-hybridized carbons (Fsp3) is 0.308. The van der Waals surface area contributed by atoms with Gasteiger partial charge in [-0.15, -0.1) is 10.2 Å². The smallest absolute Gasteiger partial charge is 0.305 e. The monoisotopic (exact) mass is 289 g/mol. The van der Waals surface area contributed by atoms with Crippen molar-refractivity contribution in [2.45, 2.75) is 19.4 Å². The maximum absolute atomic E-state index is 11.8. The topological polar surface area (TPSA) is 110 Å². The summed E-state index contributed by atoms with van der Waals surface area (Å²) in [6, 6.07) is 8.63. The van der Waals surface area contributed by atoms with E-state index >= 15 is 0 Å². The van der Waals surface area contributed by atoms with Gasteiger partial charge in [0.2, 0.25) is 11.7 Å². The van der Waals surface area contributed by atoms with E-state index in [4.69, 9.17) is 5.11 Å². The fourth-order valence-electron chi connectivity index (χ4n) is 1.64. The van der Waals surface area contributed by atoms with Crippen LogP contribution < -0.4 is 5.32 Å². The lowest BCUT2D eigenvalue weighted by Gasteiger charge is -2.09. The van der Waals surface area contributed by atoms with Crippen LogP contribution in [-0.2, 0) is 9.59 Å². The van der Waals surface area contributed by atoms with Gasteiger partial charge in [0.1, 0.15) is 6.04 Å². The number of tetrazole rings is 1. The van der Waals surface area contributed by atoms with Gasteiger partial charge in [0.25, 0.3) is 0 Å². The Labute approximate surface area is 120 Å². The zero-order chi connectivity index (χ0) is 15.2. The number of carbonyl (C=O) groups excluding carboxylic acids is 1. The summed E-state index contributed by atoms with van der Waals surface area (Å²) in [4.78, 5) is 23.4. The summed E-state index contributed by atoms with van der Waals surface area (Å²) in [6.07, 6.45) is -0.126. The Kier molecular flexibility index (Phi) is 4.60. The molecule has 0 saturated heterocycles. The average molecular weight is 289 g/mol. The van der Waals surface area contributed by atoms with Crippen LogP contribution in [0.1, 0.15) is 19.4 Å². The molecule has 2 N–H and O–H groups in total. The Morgan fingerprint density at radius 1 is 1.33 bits per heavy atom. The van der Waals surface area contributed by atoms with E-state index in [1.807, 2.05) is 30.3 Å². The number of carbonyl (C=O) groups is 2. The van der Waals surface area contributed by atoms with Gasteiger partial charge in [-0.1, -0.05) is 30.3 Å². The van der Waals surface area contributed by atoms with Crippen LogP contribution in [-0.4, -0.2) is 43.7 Å². The van der Waals surface area contributed by atoms with Crippen LogP contribution in [0.15, 0.2) is 30.3 Å². The minimum absolute atomic E-state index is 0.0682. The van der Waals surface area contributed by atoms with Gasteiger partial charge in [-0.05, 0) is 12.1 Å². The molecule has 1 unspecified atom stereocenters. The molecule has 21 heavy (non-hydrogen) atoms. The molecule has 1 heterocycles. The molecule has 2 rings (SSSR count). The second-order valence-electron chi connectivity index (χ2n) is 4.41. The molecule has 1 atom stereocenters. The minimum atomic E-state index is -0.965. The van der Waals surface area contributed by atoms with Crippen molar-refractivity contribution in [1.82, 2.24) is 25.5 Å². The number of nitrogens with zero attached hydrogens (tertiary/aromatic N) is 4. The predicted octanol–water partition coefficient (Wildman–Crippen LogP) is 0.492. The van der Waals surface area contributed by atoms with Crippen molar-refractivity contribution in [3.05, 3.63) is 30.3 Å². The van der Waals surface area contributed by atoms with Crippen molar-refractivity contribution in [2.24, 2.45) is 0 Å². The maximum Gasteiger partial charge on any atom is 0.305 e. The molecular weight excluding hydrogens is 274 g/mol. The third kappa shape index (κ3) is 3.85. The quantitative estimate of drug-likeness (QED) is 0.801. The average Bonchev–Trinajstić information content (AvgIpc) is 2.96. The van der Waals surface area contributed by atoms with Crippen LogP contribution >= 0.6 is 0 Å². The van der Waals surface area contributed by atoms with Crippen LogP contribution in [0.25, 0.3) is 11.4 Å². The molecule has 0 bridgehead atoms. The van der Waals surface area contributed by atoms with Crippen LogP contribution in [0.2, 0.25) is 0 Å². The van der Waals surface area contributed by atoms with Gasteiger partial charge in [0.15, 0.2) is 0 Å². The van der Waals surface area contributed by atoms with Crippen molar-refractivity contribution in [3.8, 4) is 11.4 Å². The molecule has 1 aromatic carbocycles. The number of aromatic nitrogens is 4. The van der Waals surface area contributed by atoms with Crippen molar-refractivity contribution in [3.63, 3.8) is 0 Å². The van der Waals surface area contributed by atoms with Gasteiger partial charge in [0.05, 0.1) is 6.42 Å². The standard InChI is InChI=1S/C13H15N5O3/c1-9(13(21)14-8-7-11(19)20)18-16-12(15-17-18)10-5-3-2-4-6-10/h2-6,9H,7-8H2,1H3,(H,14,21)(H,19,20). The summed E-state index contributed by atoms with van der Waals surface area (Å²) in [5.41, 5.74) is 0.808. The summed E-state index contributed by atoms with van der Waals surface area (Å²) in [7, 11) is 0. The first-order chi connectivity index (χ1) is 10.1. The number of carboxylic acids is 1. The highest BCUT2D eigenvalue weighted by Crippen LogP contribution is 2.13. The number of benzene rings is 1. The Morgan fingerprint density at radius 2 is 2.05 bits per heavy atom. The second kappa shape index (κ2) is 6.60. The zero-order valence-electron chi connectivity index (χ0n) is 11.4. The largest absolute Gasteiger partial charge is 0.481 e. The third-order valence-electron chi connectivity index (χ3n) is 2.82. The van der Waals surface area contributed by atoms with E-state index in [-0.39, 0.29) is 18.9 Å². The molecule has 0 aliphatic rings. The number of nitrogens with one attached hydrogen (secondary N) is 1. The third-order valence-corrected chi connectivity index (χ3v) is 2.82. The lowest BCUT2D eigenvalue weighted by atomic mass is 10.2. The molecular formula is C13H15N5O3. The highest BCUT2D eigenvalue weighted by Gasteiger charge is 2.18. The molecule has 0 fully saturated rings. The first kappa shape index (κ1) is 14.6. The molecule has 0 spiro atoms. The van der Waals surface area contributed by atoms with E-state index in [1.54, 1.807) is 6.92 Å². The van der Waals surface area contributed by atoms with Crippen molar-refractivity contribution < 1.29 is 14.7 Å². The molecule has 0 radical (unpaired) electrons. The highest BCUT2D eigenvalue weighted by molar-refractivity contribution is 5.80. The van der Waals surface area contributed by atoms with E-state index < -0.39 is 12.0 Å². The van der Waals surface area contributed by atoms with Gasteiger partial charge in [0, 0.05) is 12.1 Å². The summed E-state index contributed by atoms with van der Waals surface area (Å²) in [6.45, 7) is 1.69. The van der Waals surface area contributed by atoms with Crippen molar-refractivity contribution in [2.75, 3.05) is 6.54 Å². The van der Waals surface area contributed by atoms with Crippen LogP contribution in [0, 0.1) is 0 Å². The SMILES string of the molecule is CC(C(=O)NCCC(=O)O)n1nnc(-c2ccccc2)n1. The number of hydrogen-bond donors (Lipinski definition) is 2. The van der Waals surface area contributed by atoms with Crippen LogP contribution in [0.5, 0.6) is 0 Å². The minimum Gasteiger partial charge on any atom is -0.481 e. The predicted molar refractivity (Wildman–Crippen MR) is 73.2 cm³/mol. The number of carboxylic acid groups (broad SMARTS) is 1. The summed E-state index contributed by atoms with van der Waals surface area (Å²) < 4.78 is 0. The number of hydrogen-bond acceptors (Lipinski definition) is 5. The lowest BCUT2D eigenvalue weighted by Crippen LogP contribution is -2.33. The van der Waals surface area contributed by atoms with Crippen LogP contribution in [0.4, 0.5) is 0 Å².